The Morgan fingerprint density at radius 1 is 0.968 bits per heavy atom. The molecule has 2 amide bonds. The molecule has 2 aliphatic heterocycles. The fourth-order valence-corrected chi connectivity index (χ4v) is 4.45. The third-order valence-electron chi connectivity index (χ3n) is 6.22. The molecule has 4 rings (SSSR count). The van der Waals surface area contributed by atoms with Gasteiger partial charge in [0.15, 0.2) is 0 Å². The molecule has 1 unspecified atom stereocenters. The Bertz CT molecular complexity index is 863. The minimum Gasteiger partial charge on any atom is -0.355 e. The third kappa shape index (κ3) is 5.93. The lowest BCUT2D eigenvalue weighted by Crippen LogP contribution is -2.56. The van der Waals surface area contributed by atoms with Gasteiger partial charge in [-0.05, 0) is 42.6 Å². The van der Waals surface area contributed by atoms with Crippen molar-refractivity contribution in [1.29, 1.82) is 0 Å². The molecule has 2 aromatic carbocycles. The van der Waals surface area contributed by atoms with Gasteiger partial charge in [0.05, 0.1) is 12.5 Å². The summed E-state index contributed by atoms with van der Waals surface area (Å²) < 4.78 is 0. The molecule has 0 saturated carbocycles. The van der Waals surface area contributed by atoms with Crippen LogP contribution in [-0.2, 0) is 16.1 Å². The van der Waals surface area contributed by atoms with Crippen molar-refractivity contribution in [2.75, 3.05) is 39.3 Å². The maximum Gasteiger partial charge on any atom is 0.237 e. The first-order valence-corrected chi connectivity index (χ1v) is 11.3. The topological polar surface area (TPSA) is 64.7 Å². The van der Waals surface area contributed by atoms with Crippen LogP contribution >= 0.6 is 0 Å². The van der Waals surface area contributed by atoms with Crippen LogP contribution < -0.4 is 10.6 Å². The van der Waals surface area contributed by atoms with Crippen molar-refractivity contribution in [3.8, 4) is 11.1 Å². The van der Waals surface area contributed by atoms with E-state index in [4.69, 9.17) is 0 Å². The Balaban J connectivity index is 1.32. The standard InChI is InChI=1S/C25H32N4O2/c30-24(26-12-16-28-14-4-5-15-28)18-23-25(31)27-13-17-29(23)19-20-8-10-22(11-9-20)21-6-2-1-3-7-21/h1-3,6-11,23H,4-5,12-19H2,(H,26,30)(H,27,31). The molecule has 1 atom stereocenters. The summed E-state index contributed by atoms with van der Waals surface area (Å²) in [5, 5.41) is 5.92. The minimum absolute atomic E-state index is 0.0503. The molecule has 2 saturated heterocycles. The van der Waals surface area contributed by atoms with E-state index in [-0.39, 0.29) is 18.2 Å². The highest BCUT2D eigenvalue weighted by Gasteiger charge is 2.31. The van der Waals surface area contributed by atoms with Gasteiger partial charge >= 0.3 is 0 Å². The van der Waals surface area contributed by atoms with E-state index in [0.29, 0.717) is 19.6 Å². The van der Waals surface area contributed by atoms with E-state index < -0.39 is 6.04 Å². The maximum atomic E-state index is 12.5. The first-order valence-electron chi connectivity index (χ1n) is 11.3. The number of likely N-dealkylation sites (tertiary alicyclic amines) is 1. The largest absolute Gasteiger partial charge is 0.355 e. The summed E-state index contributed by atoms with van der Waals surface area (Å²) in [5.74, 6) is -0.104. The van der Waals surface area contributed by atoms with Crippen LogP contribution in [0.2, 0.25) is 0 Å². The molecule has 6 nitrogen and oxygen atoms in total. The molecule has 164 valence electrons. The zero-order valence-corrected chi connectivity index (χ0v) is 18.1. The van der Waals surface area contributed by atoms with Gasteiger partial charge in [-0.25, -0.2) is 0 Å². The lowest BCUT2D eigenvalue weighted by atomic mass is 10.0. The van der Waals surface area contributed by atoms with Crippen molar-refractivity contribution in [2.45, 2.75) is 31.8 Å². The lowest BCUT2D eigenvalue weighted by Gasteiger charge is -2.34. The van der Waals surface area contributed by atoms with Crippen molar-refractivity contribution in [3.63, 3.8) is 0 Å². The van der Waals surface area contributed by atoms with Crippen LogP contribution in [0.5, 0.6) is 0 Å². The predicted molar refractivity (Wildman–Crippen MR) is 122 cm³/mol. The van der Waals surface area contributed by atoms with Gasteiger partial charge in [0.2, 0.25) is 11.8 Å². The lowest BCUT2D eigenvalue weighted by molar-refractivity contribution is -0.134. The summed E-state index contributed by atoms with van der Waals surface area (Å²) in [6, 6.07) is 18.3. The number of hydrogen-bond donors (Lipinski definition) is 2. The third-order valence-corrected chi connectivity index (χ3v) is 6.22. The Labute approximate surface area is 184 Å². The summed E-state index contributed by atoms with van der Waals surface area (Å²) in [7, 11) is 0. The van der Waals surface area contributed by atoms with E-state index >= 15 is 0 Å². The quantitative estimate of drug-likeness (QED) is 0.688. The predicted octanol–water partition coefficient (Wildman–Crippen LogP) is 2.26. The molecule has 2 fully saturated rings. The van der Waals surface area contributed by atoms with Crippen LogP contribution in [-0.4, -0.2) is 66.9 Å². The van der Waals surface area contributed by atoms with Gasteiger partial charge in [0, 0.05) is 32.7 Å². The summed E-state index contributed by atoms with van der Waals surface area (Å²) in [4.78, 5) is 29.5. The van der Waals surface area contributed by atoms with Gasteiger partial charge in [0.1, 0.15) is 0 Å². The molecule has 2 N–H and O–H groups in total. The highest BCUT2D eigenvalue weighted by Crippen LogP contribution is 2.21. The molecule has 0 radical (unpaired) electrons. The van der Waals surface area contributed by atoms with Crippen LogP contribution in [0.25, 0.3) is 11.1 Å². The molecule has 2 heterocycles. The zero-order valence-electron chi connectivity index (χ0n) is 18.1. The first kappa shape index (κ1) is 21.5. The average Bonchev–Trinajstić information content (AvgIpc) is 3.31. The van der Waals surface area contributed by atoms with Crippen LogP contribution in [0.3, 0.4) is 0 Å². The highest BCUT2D eigenvalue weighted by atomic mass is 16.2. The van der Waals surface area contributed by atoms with Gasteiger partial charge in [-0.15, -0.1) is 0 Å². The highest BCUT2D eigenvalue weighted by molar-refractivity contribution is 5.88. The van der Waals surface area contributed by atoms with Crippen molar-refractivity contribution in [1.82, 2.24) is 20.4 Å². The summed E-state index contributed by atoms with van der Waals surface area (Å²) in [6.07, 6.45) is 2.70. The fourth-order valence-electron chi connectivity index (χ4n) is 4.45. The van der Waals surface area contributed by atoms with Crippen molar-refractivity contribution in [2.24, 2.45) is 0 Å². The zero-order chi connectivity index (χ0) is 21.5. The number of rotatable bonds is 8. The number of carbonyl (C=O) groups excluding carboxylic acids is 2. The molecule has 2 aliphatic rings. The Kier molecular flexibility index (Phi) is 7.33. The molecule has 0 bridgehead atoms. The molecular weight excluding hydrogens is 388 g/mol. The number of benzene rings is 2. The SMILES string of the molecule is O=C(CC1C(=O)NCCN1Cc1ccc(-c2ccccc2)cc1)NCCN1CCCC1. The number of hydrogen-bond acceptors (Lipinski definition) is 4. The van der Waals surface area contributed by atoms with E-state index in [9.17, 15) is 9.59 Å². The molecular formula is C25H32N4O2. The number of piperazine rings is 1. The number of carbonyl (C=O) groups is 2. The van der Waals surface area contributed by atoms with Gasteiger partial charge in [-0.3, -0.25) is 14.5 Å². The Morgan fingerprint density at radius 2 is 1.68 bits per heavy atom. The van der Waals surface area contributed by atoms with Crippen LogP contribution in [0, 0.1) is 0 Å². The summed E-state index contributed by atoms with van der Waals surface area (Å²) >= 11 is 0. The van der Waals surface area contributed by atoms with Crippen molar-refractivity contribution < 1.29 is 9.59 Å². The Morgan fingerprint density at radius 3 is 2.42 bits per heavy atom. The second-order valence-corrected chi connectivity index (χ2v) is 8.44. The van der Waals surface area contributed by atoms with E-state index in [1.54, 1.807) is 0 Å². The number of amides is 2. The molecule has 0 spiro atoms. The Hall–Kier alpha value is -2.70. The molecule has 2 aromatic rings. The van der Waals surface area contributed by atoms with E-state index in [1.807, 2.05) is 18.2 Å². The van der Waals surface area contributed by atoms with Crippen molar-refractivity contribution >= 4 is 11.8 Å². The van der Waals surface area contributed by atoms with Gasteiger partial charge in [-0.1, -0.05) is 54.6 Å². The van der Waals surface area contributed by atoms with E-state index in [2.05, 4.69) is 56.8 Å². The van der Waals surface area contributed by atoms with E-state index in [1.165, 1.54) is 24.0 Å². The van der Waals surface area contributed by atoms with Gasteiger partial charge in [0.25, 0.3) is 0 Å². The summed E-state index contributed by atoms with van der Waals surface area (Å²) in [6.45, 7) is 5.81. The second-order valence-electron chi connectivity index (χ2n) is 8.44. The minimum atomic E-state index is -0.422. The second kappa shape index (κ2) is 10.6. The maximum absolute atomic E-state index is 12.5. The van der Waals surface area contributed by atoms with Crippen LogP contribution in [0.15, 0.2) is 54.6 Å². The first-order chi connectivity index (χ1) is 15.2. The normalized spacial score (nSPS) is 19.9. The van der Waals surface area contributed by atoms with Crippen molar-refractivity contribution in [3.05, 3.63) is 60.2 Å². The van der Waals surface area contributed by atoms with Crippen LogP contribution in [0.4, 0.5) is 0 Å². The van der Waals surface area contributed by atoms with Gasteiger partial charge in [-0.2, -0.15) is 0 Å². The molecule has 0 aliphatic carbocycles. The van der Waals surface area contributed by atoms with Gasteiger partial charge < -0.3 is 15.5 Å². The average molecular weight is 421 g/mol. The monoisotopic (exact) mass is 420 g/mol. The van der Waals surface area contributed by atoms with E-state index in [0.717, 1.165) is 31.7 Å². The molecule has 6 heteroatoms. The van der Waals surface area contributed by atoms with Crippen LogP contribution in [0.1, 0.15) is 24.8 Å². The number of nitrogens with one attached hydrogen (secondary N) is 2. The summed E-state index contributed by atoms with van der Waals surface area (Å²) in [5.41, 5.74) is 3.51. The molecule has 0 aromatic heterocycles. The smallest absolute Gasteiger partial charge is 0.237 e. The molecule has 31 heavy (non-hydrogen) atoms. The fraction of sp³-hybridized carbons (Fsp3) is 0.440. The number of nitrogens with zero attached hydrogens (tertiary/aromatic N) is 2.